The Hall–Kier alpha value is -1.75. The number of ether oxygens (including phenoxy) is 2. The molecule has 20 heavy (non-hydrogen) atoms. The summed E-state index contributed by atoms with van der Waals surface area (Å²) in [5, 5.41) is 2.94. The number of carbonyl (C=O) groups is 1. The third-order valence-electron chi connectivity index (χ3n) is 3.82. The Balaban J connectivity index is 2.01. The number of fused-ring (bicyclic) bond motifs is 1. The molecule has 0 radical (unpaired) electrons. The zero-order chi connectivity index (χ0) is 14.7. The van der Waals surface area contributed by atoms with E-state index in [9.17, 15) is 4.79 Å². The highest BCUT2D eigenvalue weighted by Crippen LogP contribution is 2.34. The summed E-state index contributed by atoms with van der Waals surface area (Å²) in [6.07, 6.45) is 0.882. The van der Waals surface area contributed by atoms with E-state index in [4.69, 9.17) is 15.2 Å². The summed E-state index contributed by atoms with van der Waals surface area (Å²) in [6, 6.07) is 5.08. The molecule has 3 N–H and O–H groups in total. The van der Waals surface area contributed by atoms with E-state index in [1.54, 1.807) is 0 Å². The lowest BCUT2D eigenvalue weighted by molar-refractivity contribution is -0.124. The zero-order valence-electron chi connectivity index (χ0n) is 12.2. The molecule has 0 saturated heterocycles. The molecule has 110 valence electrons. The van der Waals surface area contributed by atoms with Crippen LogP contribution in [0.4, 0.5) is 0 Å². The average Bonchev–Trinajstić information content (AvgIpc) is 2.92. The molecule has 0 spiro atoms. The molecule has 0 aliphatic carbocycles. The van der Waals surface area contributed by atoms with Crippen LogP contribution in [0.15, 0.2) is 18.2 Å². The molecule has 5 nitrogen and oxygen atoms in total. The fraction of sp³-hybridized carbons (Fsp3) is 0.533. The molecule has 1 aliphatic heterocycles. The Morgan fingerprint density at radius 2 is 2.05 bits per heavy atom. The van der Waals surface area contributed by atoms with Crippen LogP contribution in [-0.4, -0.2) is 18.7 Å². The molecule has 1 unspecified atom stereocenters. The topological polar surface area (TPSA) is 73.6 Å². The first-order chi connectivity index (χ1) is 9.52. The van der Waals surface area contributed by atoms with Gasteiger partial charge < -0.3 is 20.5 Å². The second kappa shape index (κ2) is 6.13. The Morgan fingerprint density at radius 1 is 1.35 bits per heavy atom. The number of amides is 1. The van der Waals surface area contributed by atoms with Crippen molar-refractivity contribution in [3.63, 3.8) is 0 Å². The summed E-state index contributed by atoms with van der Waals surface area (Å²) in [5.41, 5.74) is 6.90. The number of benzene rings is 1. The number of hydrogen-bond donors (Lipinski definition) is 2. The molecule has 0 bridgehead atoms. The van der Waals surface area contributed by atoms with Crippen molar-refractivity contribution in [2.45, 2.75) is 39.3 Å². The van der Waals surface area contributed by atoms with Crippen LogP contribution in [-0.2, 0) is 4.79 Å². The molecular weight excluding hydrogens is 256 g/mol. The van der Waals surface area contributed by atoms with Crippen molar-refractivity contribution >= 4 is 5.91 Å². The molecule has 2 rings (SSSR count). The Bertz CT molecular complexity index is 490. The lowest BCUT2D eigenvalue weighted by atomic mass is 9.98. The van der Waals surface area contributed by atoms with Crippen molar-refractivity contribution in [3.05, 3.63) is 23.8 Å². The Kier molecular flexibility index (Phi) is 4.49. The van der Waals surface area contributed by atoms with Crippen molar-refractivity contribution in [3.8, 4) is 11.5 Å². The largest absolute Gasteiger partial charge is 0.454 e. The van der Waals surface area contributed by atoms with E-state index in [0.717, 1.165) is 23.5 Å². The molecule has 0 saturated carbocycles. The summed E-state index contributed by atoms with van der Waals surface area (Å²) >= 11 is 0. The van der Waals surface area contributed by atoms with Gasteiger partial charge in [0.1, 0.15) is 0 Å². The molecule has 1 aromatic rings. The van der Waals surface area contributed by atoms with Crippen LogP contribution < -0.4 is 20.5 Å². The van der Waals surface area contributed by atoms with Crippen molar-refractivity contribution in [1.29, 1.82) is 0 Å². The molecule has 5 heteroatoms. The Morgan fingerprint density at radius 3 is 2.75 bits per heavy atom. The number of nitrogens with one attached hydrogen (secondary N) is 1. The quantitative estimate of drug-likeness (QED) is 0.863. The van der Waals surface area contributed by atoms with Crippen molar-refractivity contribution in [2.75, 3.05) is 6.79 Å². The summed E-state index contributed by atoms with van der Waals surface area (Å²) in [5.74, 6) is 1.50. The Labute approximate surface area is 119 Å². The lowest BCUT2D eigenvalue weighted by Gasteiger charge is -2.21. The van der Waals surface area contributed by atoms with Gasteiger partial charge in [-0.1, -0.05) is 26.3 Å². The van der Waals surface area contributed by atoms with Crippen molar-refractivity contribution in [1.82, 2.24) is 5.32 Å². The van der Waals surface area contributed by atoms with Gasteiger partial charge in [0.2, 0.25) is 12.7 Å². The summed E-state index contributed by atoms with van der Waals surface area (Å²) in [4.78, 5) is 12.1. The van der Waals surface area contributed by atoms with Crippen LogP contribution in [0.25, 0.3) is 0 Å². The van der Waals surface area contributed by atoms with Crippen LogP contribution in [0, 0.1) is 5.92 Å². The van der Waals surface area contributed by atoms with Gasteiger partial charge in [0.15, 0.2) is 11.5 Å². The summed E-state index contributed by atoms with van der Waals surface area (Å²) in [7, 11) is 0. The van der Waals surface area contributed by atoms with Gasteiger partial charge in [-0.3, -0.25) is 4.79 Å². The third kappa shape index (κ3) is 3.04. The highest BCUT2D eigenvalue weighted by atomic mass is 16.7. The van der Waals surface area contributed by atoms with Gasteiger partial charge >= 0.3 is 0 Å². The minimum absolute atomic E-state index is 0.118. The standard InChI is InChI=1S/C15H22N2O3/c1-4-9(2)14(16)15(18)17-10(3)11-5-6-12-13(7-11)20-8-19-12/h5-7,9-10,14H,4,8,16H2,1-3H3,(H,17,18)/t9-,10?,14-/m0/s1. The second-order valence-corrected chi connectivity index (χ2v) is 5.25. The third-order valence-corrected chi connectivity index (χ3v) is 3.82. The number of hydrogen-bond acceptors (Lipinski definition) is 4. The van der Waals surface area contributed by atoms with Gasteiger partial charge in [-0.25, -0.2) is 0 Å². The molecular formula is C15H22N2O3. The molecule has 1 aromatic carbocycles. The highest BCUT2D eigenvalue weighted by Gasteiger charge is 2.22. The van der Waals surface area contributed by atoms with Gasteiger partial charge in [0.25, 0.3) is 0 Å². The summed E-state index contributed by atoms with van der Waals surface area (Å²) in [6.45, 7) is 6.19. The molecule has 0 aromatic heterocycles. The van der Waals surface area contributed by atoms with Crippen LogP contribution in [0.2, 0.25) is 0 Å². The van der Waals surface area contributed by atoms with Gasteiger partial charge in [-0.05, 0) is 30.5 Å². The SMILES string of the molecule is CC[C@H](C)[C@H](N)C(=O)NC(C)c1ccc2c(c1)OCO2. The predicted octanol–water partition coefficient (Wildman–Crippen LogP) is 1.97. The maximum atomic E-state index is 12.1. The highest BCUT2D eigenvalue weighted by molar-refractivity contribution is 5.82. The van der Waals surface area contributed by atoms with Crippen LogP contribution >= 0.6 is 0 Å². The lowest BCUT2D eigenvalue weighted by Crippen LogP contribution is -2.45. The van der Waals surface area contributed by atoms with Gasteiger partial charge in [0.05, 0.1) is 12.1 Å². The molecule has 0 fully saturated rings. The summed E-state index contributed by atoms with van der Waals surface area (Å²) < 4.78 is 10.6. The van der Waals surface area contributed by atoms with Crippen molar-refractivity contribution in [2.24, 2.45) is 11.7 Å². The van der Waals surface area contributed by atoms with Crippen LogP contribution in [0.5, 0.6) is 11.5 Å². The van der Waals surface area contributed by atoms with Crippen LogP contribution in [0.1, 0.15) is 38.8 Å². The van der Waals surface area contributed by atoms with E-state index in [1.165, 1.54) is 0 Å². The molecule has 1 aliphatic rings. The van der Waals surface area contributed by atoms with Gasteiger partial charge in [-0.15, -0.1) is 0 Å². The maximum Gasteiger partial charge on any atom is 0.237 e. The molecule has 1 heterocycles. The van der Waals surface area contributed by atoms with E-state index < -0.39 is 6.04 Å². The normalized spacial score (nSPS) is 17.4. The monoisotopic (exact) mass is 278 g/mol. The fourth-order valence-corrected chi connectivity index (χ4v) is 2.09. The van der Waals surface area contributed by atoms with E-state index in [2.05, 4.69) is 5.32 Å². The first-order valence-corrected chi connectivity index (χ1v) is 6.98. The van der Waals surface area contributed by atoms with E-state index in [0.29, 0.717) is 0 Å². The van der Waals surface area contributed by atoms with Gasteiger partial charge in [0, 0.05) is 0 Å². The van der Waals surface area contributed by atoms with E-state index >= 15 is 0 Å². The first-order valence-electron chi connectivity index (χ1n) is 6.98. The molecule has 3 atom stereocenters. The number of nitrogens with two attached hydrogens (primary N) is 1. The maximum absolute atomic E-state index is 12.1. The smallest absolute Gasteiger partial charge is 0.237 e. The molecule has 1 amide bonds. The van der Waals surface area contributed by atoms with Crippen molar-refractivity contribution < 1.29 is 14.3 Å². The minimum Gasteiger partial charge on any atom is -0.454 e. The predicted molar refractivity (Wildman–Crippen MR) is 76.6 cm³/mol. The van der Waals surface area contributed by atoms with Gasteiger partial charge in [-0.2, -0.15) is 0 Å². The van der Waals surface area contributed by atoms with Crippen LogP contribution in [0.3, 0.4) is 0 Å². The first kappa shape index (κ1) is 14.7. The minimum atomic E-state index is -0.475. The zero-order valence-corrected chi connectivity index (χ0v) is 12.2. The average molecular weight is 278 g/mol. The van der Waals surface area contributed by atoms with E-state index in [-0.39, 0.29) is 24.7 Å². The fourth-order valence-electron chi connectivity index (χ4n) is 2.09. The number of carbonyl (C=O) groups excluding carboxylic acids is 1. The number of rotatable bonds is 5. The second-order valence-electron chi connectivity index (χ2n) is 5.25. The van der Waals surface area contributed by atoms with E-state index in [1.807, 2.05) is 39.0 Å².